The lowest BCUT2D eigenvalue weighted by Crippen LogP contribution is -2.37. The molecule has 1 N–H and O–H groups in total. The van der Waals surface area contributed by atoms with Gasteiger partial charge in [0.2, 0.25) is 0 Å². The Morgan fingerprint density at radius 1 is 1.17 bits per heavy atom. The minimum atomic E-state index is -4.28. The summed E-state index contributed by atoms with van der Waals surface area (Å²) in [6, 6.07) is 10.3. The molecule has 30 heavy (non-hydrogen) atoms. The summed E-state index contributed by atoms with van der Waals surface area (Å²) in [4.78, 5) is 2.55. The Labute approximate surface area is 188 Å². The van der Waals surface area contributed by atoms with Crippen LogP contribution in [0.25, 0.3) is 0 Å². The van der Waals surface area contributed by atoms with Crippen LogP contribution in [0.1, 0.15) is 18.1 Å². The van der Waals surface area contributed by atoms with Crippen LogP contribution >= 0.6 is 35.0 Å². The summed E-state index contributed by atoms with van der Waals surface area (Å²) >= 11 is 12.6. The molecular weight excluding hydrogens is 459 g/mol. The van der Waals surface area contributed by atoms with Crippen molar-refractivity contribution < 1.29 is 17.6 Å². The van der Waals surface area contributed by atoms with Crippen LogP contribution in [-0.4, -0.2) is 41.8 Å². The second kappa shape index (κ2) is 11.5. The number of alkyl halides is 4. The highest BCUT2D eigenvalue weighted by Crippen LogP contribution is 2.32. The Morgan fingerprint density at radius 2 is 1.83 bits per heavy atom. The molecule has 2 aromatic carbocycles. The molecular formula is C21H24Cl2F4N2S. The second-order valence-corrected chi connectivity index (χ2v) is 8.79. The Hall–Kier alpha value is -1.15. The largest absolute Gasteiger partial charge is 0.398 e. The number of rotatable bonds is 10. The fourth-order valence-electron chi connectivity index (χ4n) is 2.81. The Balaban J connectivity index is 2.02. The van der Waals surface area contributed by atoms with E-state index in [4.69, 9.17) is 23.2 Å². The van der Waals surface area contributed by atoms with E-state index >= 15 is 0 Å². The van der Waals surface area contributed by atoms with Crippen molar-refractivity contribution in [1.82, 2.24) is 4.90 Å². The highest BCUT2D eigenvalue weighted by molar-refractivity contribution is 7.99. The predicted octanol–water partition coefficient (Wildman–Crippen LogP) is 6.98. The molecule has 0 spiro atoms. The average molecular weight is 483 g/mol. The molecule has 0 radical (unpaired) electrons. The lowest BCUT2D eigenvalue weighted by Gasteiger charge is -2.28. The van der Waals surface area contributed by atoms with E-state index in [2.05, 4.69) is 10.2 Å². The number of aryl methyl sites for hydroxylation is 1. The molecule has 0 aliphatic heterocycles. The van der Waals surface area contributed by atoms with Crippen LogP contribution in [0.3, 0.4) is 0 Å². The van der Waals surface area contributed by atoms with Gasteiger partial charge in [-0.05, 0) is 49.2 Å². The molecule has 0 heterocycles. The van der Waals surface area contributed by atoms with E-state index in [1.807, 2.05) is 31.2 Å². The van der Waals surface area contributed by atoms with Gasteiger partial charge in [0.15, 0.2) is 0 Å². The Kier molecular flexibility index (Phi) is 9.60. The predicted molar refractivity (Wildman–Crippen MR) is 118 cm³/mol. The van der Waals surface area contributed by atoms with Crippen molar-refractivity contribution >= 4 is 40.7 Å². The standard InChI is InChI=1S/C21H24Cl2F4N2S/c1-14-9-18(24)19(10-20(14)30-13-21(25,26)27)28-7-8-29(15(2)11-22)12-16-3-5-17(23)6-4-16/h3-6,9-10,15,28H,7-8,11-13H2,1-2H3. The molecule has 0 amide bonds. The smallest absolute Gasteiger partial charge is 0.381 e. The van der Waals surface area contributed by atoms with Gasteiger partial charge >= 0.3 is 6.18 Å². The van der Waals surface area contributed by atoms with Gasteiger partial charge in [0, 0.05) is 41.5 Å². The summed E-state index contributed by atoms with van der Waals surface area (Å²) in [5.74, 6) is -1.07. The average Bonchev–Trinajstić information content (AvgIpc) is 2.68. The Bertz CT molecular complexity index is 816. The fourth-order valence-corrected chi connectivity index (χ4v) is 3.94. The van der Waals surface area contributed by atoms with Gasteiger partial charge in [-0.25, -0.2) is 4.39 Å². The summed E-state index contributed by atoms with van der Waals surface area (Å²) < 4.78 is 51.9. The molecule has 2 rings (SSSR count). The van der Waals surface area contributed by atoms with Crippen molar-refractivity contribution in [2.24, 2.45) is 0 Å². The number of thioether (sulfide) groups is 1. The first-order chi connectivity index (χ1) is 14.1. The van der Waals surface area contributed by atoms with Crippen LogP contribution in [0, 0.1) is 12.7 Å². The maximum atomic E-state index is 14.3. The molecule has 166 valence electrons. The van der Waals surface area contributed by atoms with Crippen LogP contribution in [0.2, 0.25) is 5.02 Å². The number of hydrogen-bond acceptors (Lipinski definition) is 3. The normalized spacial score (nSPS) is 13.0. The maximum absolute atomic E-state index is 14.3. The molecule has 0 aromatic heterocycles. The van der Waals surface area contributed by atoms with E-state index in [0.29, 0.717) is 52.8 Å². The molecule has 9 heteroatoms. The summed E-state index contributed by atoms with van der Waals surface area (Å²) in [6.45, 7) is 5.24. The van der Waals surface area contributed by atoms with Gasteiger partial charge in [-0.2, -0.15) is 13.2 Å². The summed E-state index contributed by atoms with van der Waals surface area (Å²) in [5.41, 5.74) is 1.74. The van der Waals surface area contributed by atoms with Gasteiger partial charge in [0.1, 0.15) is 5.82 Å². The number of hydrogen-bond donors (Lipinski definition) is 1. The monoisotopic (exact) mass is 482 g/mol. The molecule has 0 saturated heterocycles. The van der Waals surface area contributed by atoms with Crippen molar-refractivity contribution in [3.05, 3.63) is 58.4 Å². The first-order valence-corrected chi connectivity index (χ1v) is 11.3. The SMILES string of the molecule is Cc1cc(F)c(NCCN(Cc2ccc(Cl)cc2)C(C)CCl)cc1SCC(F)(F)F. The van der Waals surface area contributed by atoms with Crippen molar-refractivity contribution in [1.29, 1.82) is 0 Å². The fraction of sp³-hybridized carbons (Fsp3) is 0.429. The van der Waals surface area contributed by atoms with Gasteiger partial charge in [-0.15, -0.1) is 23.4 Å². The van der Waals surface area contributed by atoms with Crippen molar-refractivity contribution in [3.8, 4) is 0 Å². The number of anilines is 1. The van der Waals surface area contributed by atoms with Gasteiger partial charge in [-0.1, -0.05) is 23.7 Å². The van der Waals surface area contributed by atoms with Crippen LogP contribution in [0.4, 0.5) is 23.2 Å². The lowest BCUT2D eigenvalue weighted by atomic mass is 10.2. The molecule has 1 unspecified atom stereocenters. The van der Waals surface area contributed by atoms with E-state index in [9.17, 15) is 17.6 Å². The number of halogens is 6. The number of nitrogens with one attached hydrogen (secondary N) is 1. The van der Waals surface area contributed by atoms with E-state index < -0.39 is 17.7 Å². The van der Waals surface area contributed by atoms with Gasteiger partial charge in [0.25, 0.3) is 0 Å². The van der Waals surface area contributed by atoms with Gasteiger partial charge in [0.05, 0.1) is 11.4 Å². The topological polar surface area (TPSA) is 15.3 Å². The second-order valence-electron chi connectivity index (χ2n) is 7.03. The number of benzene rings is 2. The Morgan fingerprint density at radius 3 is 2.43 bits per heavy atom. The molecule has 0 bridgehead atoms. The molecule has 1 atom stereocenters. The minimum Gasteiger partial charge on any atom is -0.381 e. The number of nitrogens with zero attached hydrogens (tertiary/aromatic N) is 1. The zero-order valence-electron chi connectivity index (χ0n) is 16.7. The van der Waals surface area contributed by atoms with Crippen molar-refractivity contribution in [2.75, 3.05) is 30.0 Å². The lowest BCUT2D eigenvalue weighted by molar-refractivity contribution is -0.105. The zero-order chi connectivity index (χ0) is 22.3. The van der Waals surface area contributed by atoms with Crippen LogP contribution in [0.15, 0.2) is 41.3 Å². The molecule has 2 nitrogen and oxygen atoms in total. The minimum absolute atomic E-state index is 0.0879. The molecule has 0 aliphatic carbocycles. The van der Waals surface area contributed by atoms with E-state index in [0.717, 1.165) is 5.56 Å². The molecule has 2 aromatic rings. The van der Waals surface area contributed by atoms with Gasteiger partial charge in [-0.3, -0.25) is 4.90 Å². The molecule has 0 saturated carbocycles. The van der Waals surface area contributed by atoms with Gasteiger partial charge < -0.3 is 5.32 Å². The van der Waals surface area contributed by atoms with Crippen molar-refractivity contribution in [2.45, 2.75) is 37.5 Å². The van der Waals surface area contributed by atoms with E-state index in [1.165, 1.54) is 12.1 Å². The first kappa shape index (κ1) is 25.1. The van der Waals surface area contributed by atoms with E-state index in [1.54, 1.807) is 6.92 Å². The third-order valence-electron chi connectivity index (χ3n) is 4.52. The molecule has 0 aliphatic rings. The van der Waals surface area contributed by atoms with Crippen LogP contribution < -0.4 is 5.32 Å². The maximum Gasteiger partial charge on any atom is 0.398 e. The highest BCUT2D eigenvalue weighted by atomic mass is 35.5. The first-order valence-electron chi connectivity index (χ1n) is 9.37. The van der Waals surface area contributed by atoms with E-state index in [-0.39, 0.29) is 11.7 Å². The molecule has 0 fully saturated rings. The highest BCUT2D eigenvalue weighted by Gasteiger charge is 2.27. The summed E-state index contributed by atoms with van der Waals surface area (Å²) in [6.07, 6.45) is -4.28. The third kappa shape index (κ3) is 8.17. The third-order valence-corrected chi connectivity index (χ3v) is 6.44. The summed E-state index contributed by atoms with van der Waals surface area (Å²) in [5, 5.41) is 3.67. The van der Waals surface area contributed by atoms with Crippen LogP contribution in [0.5, 0.6) is 0 Å². The van der Waals surface area contributed by atoms with Crippen molar-refractivity contribution in [3.63, 3.8) is 0 Å². The summed E-state index contributed by atoms with van der Waals surface area (Å²) in [7, 11) is 0. The quantitative estimate of drug-likeness (QED) is 0.223. The van der Waals surface area contributed by atoms with Crippen LogP contribution in [-0.2, 0) is 6.54 Å². The zero-order valence-corrected chi connectivity index (χ0v) is 19.0.